The minimum Gasteiger partial charge on any atom is -0.497 e. The highest BCUT2D eigenvalue weighted by molar-refractivity contribution is 7.12. The molecule has 0 N–H and O–H groups in total. The van der Waals surface area contributed by atoms with Crippen LogP contribution in [0.25, 0.3) is 0 Å². The molecule has 0 unspecified atom stereocenters. The molecular weight excluding hydrogens is 528 g/mol. The molecular formula is C30H34N4O5S. The van der Waals surface area contributed by atoms with Crippen molar-refractivity contribution in [3.8, 4) is 11.5 Å². The summed E-state index contributed by atoms with van der Waals surface area (Å²) in [6, 6.07) is 18.7. The lowest BCUT2D eigenvalue weighted by atomic mass is 9.98. The zero-order valence-corrected chi connectivity index (χ0v) is 23.6. The van der Waals surface area contributed by atoms with Gasteiger partial charge in [0.1, 0.15) is 18.0 Å². The maximum Gasteiger partial charge on any atom is 0.264 e. The molecule has 2 aliphatic heterocycles. The van der Waals surface area contributed by atoms with Crippen molar-refractivity contribution in [2.45, 2.75) is 12.5 Å². The molecule has 2 aromatic carbocycles. The summed E-state index contributed by atoms with van der Waals surface area (Å²) < 4.78 is 16.2. The summed E-state index contributed by atoms with van der Waals surface area (Å²) >= 11 is 1.38. The van der Waals surface area contributed by atoms with Crippen molar-refractivity contribution in [2.24, 2.45) is 5.10 Å². The Balaban J connectivity index is 1.40. The van der Waals surface area contributed by atoms with E-state index in [1.165, 1.54) is 11.3 Å². The highest BCUT2D eigenvalue weighted by Crippen LogP contribution is 2.34. The second-order valence-electron chi connectivity index (χ2n) is 9.67. The van der Waals surface area contributed by atoms with Crippen LogP contribution >= 0.6 is 11.3 Å². The summed E-state index contributed by atoms with van der Waals surface area (Å²) in [6.45, 7) is 4.03. The molecule has 1 saturated heterocycles. The zero-order chi connectivity index (χ0) is 27.9. The van der Waals surface area contributed by atoms with Gasteiger partial charge in [-0.25, -0.2) is 5.01 Å². The van der Waals surface area contributed by atoms with Crippen LogP contribution in [0.5, 0.6) is 11.5 Å². The Kier molecular flexibility index (Phi) is 9.10. The van der Waals surface area contributed by atoms with Crippen LogP contribution in [-0.4, -0.2) is 92.5 Å². The number of carbonyl (C=O) groups excluding carboxylic acids is 2. The van der Waals surface area contributed by atoms with Crippen molar-refractivity contribution in [2.75, 3.05) is 60.2 Å². The topological polar surface area (TPSA) is 83.9 Å². The Bertz CT molecular complexity index is 1320. The second-order valence-corrected chi connectivity index (χ2v) is 10.6. The molecule has 0 bridgehead atoms. The van der Waals surface area contributed by atoms with Gasteiger partial charge in [0, 0.05) is 38.2 Å². The van der Waals surface area contributed by atoms with Crippen molar-refractivity contribution in [1.82, 2.24) is 14.8 Å². The number of methoxy groups -OCH3 is 2. The van der Waals surface area contributed by atoms with E-state index in [4.69, 9.17) is 19.3 Å². The smallest absolute Gasteiger partial charge is 0.264 e. The SMILES string of the molecule is COc1ccc([C@@H]2CC(c3cccc(OC)c3)=NN2C(=O)CN(CCN2CCOCC2)C(=O)c2cccs2)cc1. The number of nitrogens with zero attached hydrogens (tertiary/aromatic N) is 4. The van der Waals surface area contributed by atoms with E-state index in [-0.39, 0.29) is 24.4 Å². The Morgan fingerprint density at radius 1 is 1.02 bits per heavy atom. The maximum atomic E-state index is 13.9. The van der Waals surface area contributed by atoms with Gasteiger partial charge in [-0.05, 0) is 41.3 Å². The number of benzene rings is 2. The molecule has 10 heteroatoms. The Morgan fingerprint density at radius 3 is 2.50 bits per heavy atom. The summed E-state index contributed by atoms with van der Waals surface area (Å²) in [5.74, 6) is 1.09. The molecule has 0 saturated carbocycles. The van der Waals surface area contributed by atoms with Gasteiger partial charge in [0.15, 0.2) is 0 Å². The number of carbonyl (C=O) groups is 2. The van der Waals surface area contributed by atoms with Crippen molar-refractivity contribution in [3.05, 3.63) is 82.0 Å². The molecule has 3 aromatic rings. The van der Waals surface area contributed by atoms with E-state index in [1.54, 1.807) is 30.2 Å². The lowest BCUT2D eigenvalue weighted by molar-refractivity contribution is -0.133. The van der Waals surface area contributed by atoms with Crippen LogP contribution in [-0.2, 0) is 9.53 Å². The van der Waals surface area contributed by atoms with Gasteiger partial charge in [-0.15, -0.1) is 11.3 Å². The molecule has 210 valence electrons. The number of morpholine rings is 1. The third-order valence-corrected chi connectivity index (χ3v) is 8.06. The lowest BCUT2D eigenvalue weighted by Gasteiger charge is -2.31. The first-order valence-corrected chi connectivity index (χ1v) is 14.2. The molecule has 5 rings (SSSR count). The largest absolute Gasteiger partial charge is 0.497 e. The van der Waals surface area contributed by atoms with E-state index in [0.29, 0.717) is 37.6 Å². The summed E-state index contributed by atoms with van der Waals surface area (Å²) in [5, 5.41) is 8.23. The van der Waals surface area contributed by atoms with Gasteiger partial charge in [0.25, 0.3) is 11.8 Å². The predicted octanol–water partition coefficient (Wildman–Crippen LogP) is 3.92. The molecule has 1 atom stereocenters. The molecule has 0 aliphatic carbocycles. The zero-order valence-electron chi connectivity index (χ0n) is 22.8. The molecule has 0 spiro atoms. The van der Waals surface area contributed by atoms with Crippen molar-refractivity contribution >= 4 is 28.9 Å². The molecule has 40 heavy (non-hydrogen) atoms. The molecule has 9 nitrogen and oxygen atoms in total. The lowest BCUT2D eigenvalue weighted by Crippen LogP contribution is -2.46. The third-order valence-electron chi connectivity index (χ3n) is 7.20. The normalized spacial score (nSPS) is 17.4. The van der Waals surface area contributed by atoms with Crippen LogP contribution in [0.3, 0.4) is 0 Å². The first-order chi connectivity index (χ1) is 19.6. The van der Waals surface area contributed by atoms with Crippen LogP contribution < -0.4 is 9.47 Å². The van der Waals surface area contributed by atoms with E-state index in [0.717, 1.165) is 41.4 Å². The van der Waals surface area contributed by atoms with E-state index >= 15 is 0 Å². The average Bonchev–Trinajstić information content (AvgIpc) is 3.71. The second kappa shape index (κ2) is 13.1. The fourth-order valence-electron chi connectivity index (χ4n) is 4.93. The summed E-state index contributed by atoms with van der Waals surface area (Å²) in [5.41, 5.74) is 2.63. The van der Waals surface area contributed by atoms with Crippen LogP contribution in [0.4, 0.5) is 0 Å². The van der Waals surface area contributed by atoms with Gasteiger partial charge < -0.3 is 19.1 Å². The van der Waals surface area contributed by atoms with Crippen LogP contribution in [0.2, 0.25) is 0 Å². The molecule has 1 aromatic heterocycles. The first kappa shape index (κ1) is 27.8. The molecule has 2 amide bonds. The highest BCUT2D eigenvalue weighted by Gasteiger charge is 2.35. The van der Waals surface area contributed by atoms with Crippen LogP contribution in [0.1, 0.15) is 33.3 Å². The van der Waals surface area contributed by atoms with Crippen LogP contribution in [0.15, 0.2) is 71.1 Å². The van der Waals surface area contributed by atoms with Gasteiger partial charge in [-0.1, -0.05) is 30.3 Å². The fourth-order valence-corrected chi connectivity index (χ4v) is 5.62. The first-order valence-electron chi connectivity index (χ1n) is 13.4. The number of amides is 2. The Labute approximate surface area is 238 Å². The Morgan fingerprint density at radius 2 is 1.80 bits per heavy atom. The maximum absolute atomic E-state index is 13.9. The minimum atomic E-state index is -0.308. The number of hydrogen-bond acceptors (Lipinski definition) is 8. The van der Waals surface area contributed by atoms with Crippen LogP contribution in [0, 0.1) is 0 Å². The van der Waals surface area contributed by atoms with Gasteiger partial charge in [0.05, 0.1) is 44.1 Å². The number of thiophene rings is 1. The van der Waals surface area contributed by atoms with E-state index in [1.807, 2.05) is 60.0 Å². The monoisotopic (exact) mass is 562 g/mol. The molecule has 0 radical (unpaired) electrons. The van der Waals surface area contributed by atoms with Crippen molar-refractivity contribution in [1.29, 1.82) is 0 Å². The number of rotatable bonds is 10. The fraction of sp³-hybridized carbons (Fsp3) is 0.367. The van der Waals surface area contributed by atoms with E-state index in [9.17, 15) is 9.59 Å². The number of hydrogen-bond donors (Lipinski definition) is 0. The van der Waals surface area contributed by atoms with Gasteiger partial charge in [0.2, 0.25) is 0 Å². The van der Waals surface area contributed by atoms with Crippen molar-refractivity contribution in [3.63, 3.8) is 0 Å². The van der Waals surface area contributed by atoms with Gasteiger partial charge in [-0.2, -0.15) is 5.10 Å². The Hall–Kier alpha value is -3.73. The highest BCUT2D eigenvalue weighted by atomic mass is 32.1. The minimum absolute atomic E-state index is 0.0668. The van der Waals surface area contributed by atoms with E-state index < -0.39 is 0 Å². The molecule has 2 aliphatic rings. The van der Waals surface area contributed by atoms with E-state index in [2.05, 4.69) is 4.90 Å². The summed E-state index contributed by atoms with van der Waals surface area (Å²) in [4.78, 5) is 31.9. The van der Waals surface area contributed by atoms with Gasteiger partial charge in [-0.3, -0.25) is 14.5 Å². The average molecular weight is 563 g/mol. The summed E-state index contributed by atoms with van der Waals surface area (Å²) in [6.07, 6.45) is 0.540. The molecule has 3 heterocycles. The van der Waals surface area contributed by atoms with Crippen molar-refractivity contribution < 1.29 is 23.8 Å². The summed E-state index contributed by atoms with van der Waals surface area (Å²) in [7, 11) is 3.25. The third kappa shape index (κ3) is 6.52. The van der Waals surface area contributed by atoms with Gasteiger partial charge >= 0.3 is 0 Å². The number of hydrazone groups is 1. The predicted molar refractivity (Wildman–Crippen MR) is 154 cm³/mol. The number of ether oxygens (including phenoxy) is 3. The standard InChI is InChI=1S/C30H34N4O5S/c1-37-24-10-8-22(9-11-24)27-20-26(23-5-3-6-25(19-23)38-2)31-34(27)29(35)21-33(30(36)28-7-4-18-40-28)13-12-32-14-16-39-17-15-32/h3-11,18-19,27H,12-17,20-21H2,1-2H3/t27-/m0/s1. The quantitative estimate of drug-likeness (QED) is 0.373. The molecule has 1 fully saturated rings.